The van der Waals surface area contributed by atoms with Gasteiger partial charge in [-0.15, -0.1) is 12.4 Å². The van der Waals surface area contributed by atoms with E-state index in [1.807, 2.05) is 0 Å². The molecule has 3 aliphatic rings. The van der Waals surface area contributed by atoms with Crippen molar-refractivity contribution >= 4 is 18.4 Å². The van der Waals surface area contributed by atoms with Crippen LogP contribution < -0.4 is 5.73 Å². The van der Waals surface area contributed by atoms with Crippen LogP contribution in [0.3, 0.4) is 0 Å². The number of esters is 1. The zero-order valence-electron chi connectivity index (χ0n) is 8.44. The molecule has 2 atom stereocenters. The summed E-state index contributed by atoms with van der Waals surface area (Å²) in [4.78, 5) is 11.5. The Bertz CT molecular complexity index is 212. The molecule has 0 saturated heterocycles. The van der Waals surface area contributed by atoms with Gasteiger partial charge in [-0.1, -0.05) is 0 Å². The molecule has 3 saturated carbocycles. The number of fused-ring (bicyclic) bond motifs is 3. The summed E-state index contributed by atoms with van der Waals surface area (Å²) in [5, 5.41) is 0. The fraction of sp³-hybridized carbons (Fsp3) is 0.900. The molecule has 0 amide bonds. The van der Waals surface area contributed by atoms with Crippen LogP contribution in [0.5, 0.6) is 0 Å². The Morgan fingerprint density at radius 2 is 1.71 bits per heavy atom. The molecule has 3 nitrogen and oxygen atoms in total. The molecular weight excluding hydrogens is 202 g/mol. The van der Waals surface area contributed by atoms with Crippen molar-refractivity contribution < 1.29 is 9.53 Å². The Morgan fingerprint density at radius 1 is 1.21 bits per heavy atom. The van der Waals surface area contributed by atoms with E-state index in [9.17, 15) is 4.79 Å². The summed E-state index contributed by atoms with van der Waals surface area (Å²) in [5.41, 5.74) is 6.04. The molecule has 3 aliphatic carbocycles. The summed E-state index contributed by atoms with van der Waals surface area (Å²) in [6, 6.07) is 0.0555. The largest absolute Gasteiger partial charge is 0.469 e. The predicted octanol–water partition coefficient (Wildman–Crippen LogP) is 1.34. The van der Waals surface area contributed by atoms with Crippen molar-refractivity contribution in [3.05, 3.63) is 0 Å². The Hall–Kier alpha value is -0.280. The lowest BCUT2D eigenvalue weighted by molar-refractivity contribution is -0.152. The van der Waals surface area contributed by atoms with Gasteiger partial charge in [0, 0.05) is 6.04 Å². The van der Waals surface area contributed by atoms with Gasteiger partial charge < -0.3 is 10.5 Å². The molecule has 82 valence electrons. The lowest BCUT2D eigenvalue weighted by Crippen LogP contribution is -2.52. The van der Waals surface area contributed by atoms with E-state index >= 15 is 0 Å². The van der Waals surface area contributed by atoms with Gasteiger partial charge in [-0.3, -0.25) is 4.79 Å². The lowest BCUT2D eigenvalue weighted by atomic mass is 9.62. The van der Waals surface area contributed by atoms with E-state index in [0.29, 0.717) is 11.8 Å². The maximum atomic E-state index is 11.5. The number of carbonyl (C=O) groups excluding carboxylic acids is 1. The van der Waals surface area contributed by atoms with Crippen molar-refractivity contribution in [1.82, 2.24) is 0 Å². The van der Waals surface area contributed by atoms with Gasteiger partial charge in [0.25, 0.3) is 0 Å². The molecule has 0 aromatic rings. The third-order valence-corrected chi connectivity index (χ3v) is 3.76. The highest BCUT2D eigenvalue weighted by Gasteiger charge is 2.45. The smallest absolute Gasteiger partial charge is 0.310 e. The molecule has 0 aromatic carbocycles. The van der Waals surface area contributed by atoms with E-state index in [1.54, 1.807) is 0 Å². The molecule has 14 heavy (non-hydrogen) atoms. The number of hydrogen-bond acceptors (Lipinski definition) is 3. The molecule has 0 aromatic heterocycles. The Morgan fingerprint density at radius 3 is 2.14 bits per heavy atom. The molecule has 0 radical (unpaired) electrons. The van der Waals surface area contributed by atoms with Crippen molar-refractivity contribution in [1.29, 1.82) is 0 Å². The zero-order valence-corrected chi connectivity index (χ0v) is 9.26. The highest BCUT2D eigenvalue weighted by molar-refractivity contribution is 5.85. The predicted molar refractivity (Wildman–Crippen MR) is 56.2 cm³/mol. The van der Waals surface area contributed by atoms with Crippen molar-refractivity contribution in [3.63, 3.8) is 0 Å². The summed E-state index contributed by atoms with van der Waals surface area (Å²) in [5.74, 6) is 0.945. The third-order valence-electron chi connectivity index (χ3n) is 3.76. The fourth-order valence-electron chi connectivity index (χ4n) is 2.98. The quantitative estimate of drug-likeness (QED) is 0.678. The number of nitrogens with two attached hydrogens (primary N) is 1. The Balaban J connectivity index is 0.000000980. The van der Waals surface area contributed by atoms with Crippen molar-refractivity contribution in [2.75, 3.05) is 7.11 Å². The first-order chi connectivity index (χ1) is 6.24. The minimum Gasteiger partial charge on any atom is -0.469 e. The first-order valence-corrected chi connectivity index (χ1v) is 5.07. The summed E-state index contributed by atoms with van der Waals surface area (Å²) in [6.45, 7) is 0. The van der Waals surface area contributed by atoms with Gasteiger partial charge in [-0.05, 0) is 37.5 Å². The van der Waals surface area contributed by atoms with Crippen LogP contribution in [0.4, 0.5) is 0 Å². The van der Waals surface area contributed by atoms with Crippen LogP contribution in [0.1, 0.15) is 25.7 Å². The molecule has 2 N–H and O–H groups in total. The van der Waals surface area contributed by atoms with Crippen molar-refractivity contribution in [3.8, 4) is 0 Å². The van der Waals surface area contributed by atoms with Crippen molar-refractivity contribution in [2.45, 2.75) is 31.7 Å². The van der Waals surface area contributed by atoms with Crippen LogP contribution in [-0.2, 0) is 9.53 Å². The number of rotatable bonds is 1. The minimum atomic E-state index is -0.0955. The molecule has 0 aliphatic heterocycles. The first kappa shape index (κ1) is 11.8. The molecule has 2 unspecified atom stereocenters. The van der Waals surface area contributed by atoms with Crippen LogP contribution in [0, 0.1) is 17.8 Å². The highest BCUT2D eigenvalue weighted by Crippen LogP contribution is 2.44. The van der Waals surface area contributed by atoms with E-state index in [-0.39, 0.29) is 30.3 Å². The Labute approximate surface area is 90.8 Å². The van der Waals surface area contributed by atoms with E-state index in [0.717, 1.165) is 12.8 Å². The molecule has 4 heteroatoms. The van der Waals surface area contributed by atoms with Gasteiger partial charge in [-0.25, -0.2) is 0 Å². The van der Waals surface area contributed by atoms with Gasteiger partial charge in [0.1, 0.15) is 0 Å². The summed E-state index contributed by atoms with van der Waals surface area (Å²) in [6.07, 6.45) is 4.74. The number of halogens is 1. The highest BCUT2D eigenvalue weighted by atomic mass is 35.5. The summed E-state index contributed by atoms with van der Waals surface area (Å²) in [7, 11) is 1.46. The van der Waals surface area contributed by atoms with Crippen LogP contribution in [0.2, 0.25) is 0 Å². The molecule has 2 bridgehead atoms. The normalized spacial score (nSPS) is 40.1. The SMILES string of the molecule is COC(=O)C1C2CCC(CC2)C1N.Cl. The van der Waals surface area contributed by atoms with E-state index in [2.05, 4.69) is 0 Å². The Kier molecular flexibility index (Phi) is 3.78. The summed E-state index contributed by atoms with van der Waals surface area (Å²) < 4.78 is 4.79. The minimum absolute atomic E-state index is 0. The molecule has 3 rings (SSSR count). The number of ether oxygens (including phenoxy) is 1. The maximum Gasteiger partial charge on any atom is 0.310 e. The monoisotopic (exact) mass is 219 g/mol. The lowest BCUT2D eigenvalue weighted by Gasteiger charge is -2.45. The fourth-order valence-corrected chi connectivity index (χ4v) is 2.98. The number of carbonyl (C=O) groups is 1. The summed E-state index contributed by atoms with van der Waals surface area (Å²) >= 11 is 0. The van der Waals surface area contributed by atoms with Crippen LogP contribution in [0.15, 0.2) is 0 Å². The van der Waals surface area contributed by atoms with E-state index in [4.69, 9.17) is 10.5 Å². The standard InChI is InChI=1S/C10H17NO2.ClH/c1-13-10(12)8-6-2-4-7(5-3-6)9(8)11;/h6-9H,2-5,11H2,1H3;1H. The van der Waals surface area contributed by atoms with E-state index < -0.39 is 0 Å². The van der Waals surface area contributed by atoms with Crippen LogP contribution in [-0.4, -0.2) is 19.1 Å². The average Bonchev–Trinajstić information content (AvgIpc) is 2.18. The number of methoxy groups -OCH3 is 1. The zero-order chi connectivity index (χ0) is 9.42. The van der Waals surface area contributed by atoms with Gasteiger partial charge in [0.2, 0.25) is 0 Å². The van der Waals surface area contributed by atoms with Gasteiger partial charge in [0.15, 0.2) is 0 Å². The molecule has 0 heterocycles. The topological polar surface area (TPSA) is 52.3 Å². The van der Waals surface area contributed by atoms with Crippen LogP contribution in [0.25, 0.3) is 0 Å². The third kappa shape index (κ3) is 1.75. The van der Waals surface area contributed by atoms with Gasteiger partial charge in [-0.2, -0.15) is 0 Å². The van der Waals surface area contributed by atoms with Crippen LogP contribution >= 0.6 is 12.4 Å². The second-order valence-corrected chi connectivity index (χ2v) is 4.30. The molecule has 3 fully saturated rings. The second kappa shape index (κ2) is 4.49. The van der Waals surface area contributed by atoms with E-state index in [1.165, 1.54) is 20.0 Å². The molecular formula is C10H18ClNO2. The second-order valence-electron chi connectivity index (χ2n) is 4.30. The van der Waals surface area contributed by atoms with Crippen molar-refractivity contribution in [2.24, 2.45) is 23.5 Å². The van der Waals surface area contributed by atoms with Gasteiger partial charge in [0.05, 0.1) is 13.0 Å². The molecule has 0 spiro atoms. The van der Waals surface area contributed by atoms with Gasteiger partial charge >= 0.3 is 5.97 Å². The first-order valence-electron chi connectivity index (χ1n) is 5.07. The average molecular weight is 220 g/mol. The maximum absolute atomic E-state index is 11.5. The number of hydrogen-bond donors (Lipinski definition) is 1.